The van der Waals surface area contributed by atoms with Crippen molar-refractivity contribution >= 4 is 28.7 Å². The van der Waals surface area contributed by atoms with Crippen LogP contribution >= 0.6 is 11.8 Å². The molecule has 2 unspecified atom stereocenters. The van der Waals surface area contributed by atoms with Gasteiger partial charge in [0.05, 0.1) is 11.8 Å². The van der Waals surface area contributed by atoms with Crippen molar-refractivity contribution in [2.45, 2.75) is 37.6 Å². The summed E-state index contributed by atoms with van der Waals surface area (Å²) in [6.07, 6.45) is 0.832. The molecule has 6 heteroatoms. The van der Waals surface area contributed by atoms with Crippen molar-refractivity contribution in [1.29, 1.82) is 0 Å². The van der Waals surface area contributed by atoms with Crippen molar-refractivity contribution in [3.8, 4) is 0 Å². The molecule has 0 aliphatic carbocycles. The van der Waals surface area contributed by atoms with E-state index in [2.05, 4.69) is 10.6 Å². The molecule has 5 nitrogen and oxygen atoms in total. The molecule has 3 rings (SSSR count). The van der Waals surface area contributed by atoms with Crippen LogP contribution in [-0.2, 0) is 33.8 Å². The van der Waals surface area contributed by atoms with E-state index < -0.39 is 11.3 Å². The van der Waals surface area contributed by atoms with Gasteiger partial charge in [-0.15, -0.1) is 0 Å². The Morgan fingerprint density at radius 1 is 1.11 bits per heavy atom. The summed E-state index contributed by atoms with van der Waals surface area (Å²) in [5.41, 5.74) is 2.98. The zero-order chi connectivity index (χ0) is 19.2. The van der Waals surface area contributed by atoms with Gasteiger partial charge in [0.2, 0.25) is 5.91 Å². The number of carbonyl (C=O) groups excluding carboxylic acids is 3. The molecule has 1 aliphatic heterocycles. The van der Waals surface area contributed by atoms with E-state index in [1.807, 2.05) is 54.6 Å². The molecular weight excluding hydrogens is 360 g/mol. The first-order valence-electron chi connectivity index (χ1n) is 8.82. The van der Waals surface area contributed by atoms with Gasteiger partial charge in [0.1, 0.15) is 6.04 Å². The maximum absolute atomic E-state index is 12.8. The summed E-state index contributed by atoms with van der Waals surface area (Å²) in [6.45, 7) is 1.77. The zero-order valence-electron chi connectivity index (χ0n) is 15.1. The van der Waals surface area contributed by atoms with Gasteiger partial charge in [0, 0.05) is 13.3 Å². The third-order valence-electron chi connectivity index (χ3n) is 4.43. The first kappa shape index (κ1) is 19.2. The van der Waals surface area contributed by atoms with E-state index in [0.717, 1.165) is 28.5 Å². The van der Waals surface area contributed by atoms with Gasteiger partial charge < -0.3 is 5.32 Å². The monoisotopic (exact) mass is 381 g/mol. The maximum atomic E-state index is 12.8. The van der Waals surface area contributed by atoms with Crippen LogP contribution in [0.1, 0.15) is 23.6 Å². The molecule has 0 fully saturated rings. The summed E-state index contributed by atoms with van der Waals surface area (Å²) in [4.78, 5) is 36.8. The number of benzene rings is 2. The number of amides is 2. The number of thioether (sulfide) groups is 1. The summed E-state index contributed by atoms with van der Waals surface area (Å²) < 4.78 is 0. The van der Waals surface area contributed by atoms with Crippen LogP contribution in [-0.4, -0.2) is 28.2 Å². The Hall–Kier alpha value is -2.60. The van der Waals surface area contributed by atoms with E-state index in [1.54, 1.807) is 0 Å². The number of hydrogen-bond donors (Lipinski definition) is 1. The first-order chi connectivity index (χ1) is 13.0. The average molecular weight is 381 g/mol. The Morgan fingerprint density at radius 2 is 1.78 bits per heavy atom. The highest BCUT2D eigenvalue weighted by molar-refractivity contribution is 8.14. The van der Waals surface area contributed by atoms with Crippen LogP contribution in [0.5, 0.6) is 0 Å². The van der Waals surface area contributed by atoms with E-state index in [4.69, 9.17) is 0 Å². The number of nitrogens with zero attached hydrogens (tertiary/aromatic N) is 1. The SMILES string of the molecule is CC(=O)SC(Cc1ccccc1)C(=O)NC1Cc2ccccc2C[N]C1=O. The van der Waals surface area contributed by atoms with Gasteiger partial charge in [-0.05, 0) is 23.1 Å². The lowest BCUT2D eigenvalue weighted by molar-refractivity contribution is -0.128. The summed E-state index contributed by atoms with van der Waals surface area (Å²) >= 11 is 0.990. The van der Waals surface area contributed by atoms with Gasteiger partial charge in [-0.3, -0.25) is 14.4 Å². The van der Waals surface area contributed by atoms with Crippen molar-refractivity contribution in [3.05, 3.63) is 71.3 Å². The fraction of sp³-hybridized carbons (Fsp3) is 0.286. The van der Waals surface area contributed by atoms with Crippen LogP contribution in [0.25, 0.3) is 0 Å². The molecule has 2 atom stereocenters. The minimum atomic E-state index is -0.702. The molecule has 0 saturated carbocycles. The number of nitrogens with one attached hydrogen (secondary N) is 1. The molecule has 0 saturated heterocycles. The molecule has 1 heterocycles. The van der Waals surface area contributed by atoms with Gasteiger partial charge in [-0.1, -0.05) is 66.4 Å². The van der Waals surface area contributed by atoms with Gasteiger partial charge in [0.15, 0.2) is 5.12 Å². The van der Waals surface area contributed by atoms with Crippen LogP contribution in [0.2, 0.25) is 0 Å². The van der Waals surface area contributed by atoms with Gasteiger partial charge >= 0.3 is 0 Å². The van der Waals surface area contributed by atoms with Crippen LogP contribution < -0.4 is 10.6 Å². The number of rotatable bonds is 5. The lowest BCUT2D eigenvalue weighted by Gasteiger charge is -2.20. The first-order valence-corrected chi connectivity index (χ1v) is 9.70. The van der Waals surface area contributed by atoms with Gasteiger partial charge in [-0.25, -0.2) is 5.32 Å². The average Bonchev–Trinajstić information content (AvgIpc) is 2.81. The molecule has 1 N–H and O–H groups in total. The predicted octanol–water partition coefficient (Wildman–Crippen LogP) is 2.25. The van der Waals surface area contributed by atoms with Gasteiger partial charge in [0.25, 0.3) is 5.91 Å². The lowest BCUT2D eigenvalue weighted by atomic mass is 10.0. The predicted molar refractivity (Wildman–Crippen MR) is 105 cm³/mol. The Morgan fingerprint density at radius 3 is 2.48 bits per heavy atom. The molecule has 2 aromatic rings. The van der Waals surface area contributed by atoms with Crippen molar-refractivity contribution < 1.29 is 14.4 Å². The fourth-order valence-corrected chi connectivity index (χ4v) is 3.94. The Labute approximate surface area is 162 Å². The number of fused-ring (bicyclic) bond motifs is 1. The standard InChI is InChI=1S/C21H21N2O3S/c1-14(24)27-19(11-15-7-3-2-4-8-15)21(26)23-18-12-16-9-5-6-10-17(16)13-22-20(18)25/h2-10,18-19H,11-13H2,1H3,(H,23,26). The lowest BCUT2D eigenvalue weighted by Crippen LogP contribution is -2.48. The Bertz CT molecular complexity index is 838. The molecule has 1 radical (unpaired) electrons. The quantitative estimate of drug-likeness (QED) is 0.862. The van der Waals surface area contributed by atoms with Gasteiger partial charge in [-0.2, -0.15) is 0 Å². The minimum absolute atomic E-state index is 0.131. The molecule has 0 spiro atoms. The van der Waals surface area contributed by atoms with E-state index in [9.17, 15) is 14.4 Å². The van der Waals surface area contributed by atoms with Crippen LogP contribution in [0, 0.1) is 0 Å². The highest BCUT2D eigenvalue weighted by Crippen LogP contribution is 2.20. The highest BCUT2D eigenvalue weighted by Gasteiger charge is 2.30. The topological polar surface area (TPSA) is 77.3 Å². The zero-order valence-corrected chi connectivity index (χ0v) is 15.9. The van der Waals surface area contributed by atoms with Crippen LogP contribution in [0.4, 0.5) is 0 Å². The molecule has 1 aliphatic rings. The Balaban J connectivity index is 1.73. The second-order valence-corrected chi connectivity index (χ2v) is 7.86. The molecule has 139 valence electrons. The second-order valence-electron chi connectivity index (χ2n) is 6.48. The van der Waals surface area contributed by atoms with Crippen molar-refractivity contribution in [1.82, 2.24) is 10.6 Å². The van der Waals surface area contributed by atoms with E-state index in [1.165, 1.54) is 6.92 Å². The third-order valence-corrected chi connectivity index (χ3v) is 5.42. The molecular formula is C21H21N2O3S. The summed E-state index contributed by atoms with van der Waals surface area (Å²) in [5, 5.41) is 6.18. The molecule has 0 bridgehead atoms. The van der Waals surface area contributed by atoms with E-state index in [0.29, 0.717) is 19.4 Å². The third kappa shape index (κ3) is 5.20. The molecule has 2 amide bonds. The normalized spacial score (nSPS) is 17.2. The molecule has 0 aromatic heterocycles. The highest BCUT2D eigenvalue weighted by atomic mass is 32.2. The Kier molecular flexibility index (Phi) is 6.29. The number of carbonyl (C=O) groups is 3. The largest absolute Gasteiger partial charge is 0.343 e. The molecule has 27 heavy (non-hydrogen) atoms. The minimum Gasteiger partial charge on any atom is -0.343 e. The smallest absolute Gasteiger partial charge is 0.264 e. The molecule has 2 aromatic carbocycles. The van der Waals surface area contributed by atoms with E-state index in [-0.39, 0.29) is 16.9 Å². The fourth-order valence-electron chi connectivity index (χ4n) is 3.09. The van der Waals surface area contributed by atoms with Crippen LogP contribution in [0.15, 0.2) is 54.6 Å². The number of hydrogen-bond acceptors (Lipinski definition) is 4. The summed E-state index contributed by atoms with van der Waals surface area (Å²) in [6, 6.07) is 16.6. The summed E-state index contributed by atoms with van der Waals surface area (Å²) in [5.74, 6) is -0.641. The van der Waals surface area contributed by atoms with Crippen molar-refractivity contribution in [2.75, 3.05) is 0 Å². The van der Waals surface area contributed by atoms with Crippen molar-refractivity contribution in [3.63, 3.8) is 0 Å². The van der Waals surface area contributed by atoms with E-state index >= 15 is 0 Å². The summed E-state index contributed by atoms with van der Waals surface area (Å²) in [7, 11) is 0. The maximum Gasteiger partial charge on any atom is 0.264 e. The van der Waals surface area contributed by atoms with Crippen molar-refractivity contribution in [2.24, 2.45) is 0 Å². The van der Waals surface area contributed by atoms with Crippen LogP contribution in [0.3, 0.4) is 0 Å². The second kappa shape index (κ2) is 8.86.